The summed E-state index contributed by atoms with van der Waals surface area (Å²) in [4.78, 5) is 14.5. The standard InChI is InChI=1S/C17H27N5O2/c1-13(17(23)18-11-15-6-4-10-24-15)20-14-5-3-9-22(12-14)16-7-2-8-19-21-16/h2,7-8,13-15,20H,3-6,9-12H2,1H3,(H,18,23)/t13-,14-,15-/m0/s1. The molecule has 2 N–H and O–H groups in total. The highest BCUT2D eigenvalue weighted by atomic mass is 16.5. The molecule has 2 aliphatic rings. The van der Waals surface area contributed by atoms with Crippen molar-refractivity contribution >= 4 is 11.7 Å². The third-order valence-corrected chi connectivity index (χ3v) is 4.71. The number of nitrogens with one attached hydrogen (secondary N) is 2. The first-order valence-electron chi connectivity index (χ1n) is 8.90. The Balaban J connectivity index is 1.44. The van der Waals surface area contributed by atoms with Crippen LogP contribution in [0.4, 0.5) is 5.82 Å². The highest BCUT2D eigenvalue weighted by Crippen LogP contribution is 2.17. The summed E-state index contributed by atoms with van der Waals surface area (Å²) in [5, 5.41) is 14.6. The van der Waals surface area contributed by atoms with Crippen molar-refractivity contribution in [2.24, 2.45) is 0 Å². The van der Waals surface area contributed by atoms with Crippen LogP contribution in [-0.2, 0) is 9.53 Å². The number of anilines is 1. The van der Waals surface area contributed by atoms with Crippen LogP contribution >= 0.6 is 0 Å². The van der Waals surface area contributed by atoms with E-state index in [0.29, 0.717) is 6.54 Å². The fourth-order valence-electron chi connectivity index (χ4n) is 3.39. The van der Waals surface area contributed by atoms with Gasteiger partial charge in [0.1, 0.15) is 0 Å². The smallest absolute Gasteiger partial charge is 0.236 e. The van der Waals surface area contributed by atoms with Crippen molar-refractivity contribution < 1.29 is 9.53 Å². The lowest BCUT2D eigenvalue weighted by atomic mass is 10.0. The van der Waals surface area contributed by atoms with Gasteiger partial charge < -0.3 is 20.3 Å². The zero-order valence-corrected chi connectivity index (χ0v) is 14.3. The lowest BCUT2D eigenvalue weighted by Gasteiger charge is -2.35. The minimum atomic E-state index is -0.210. The molecule has 7 nitrogen and oxygen atoms in total. The van der Waals surface area contributed by atoms with E-state index in [0.717, 1.165) is 51.2 Å². The SMILES string of the molecule is C[C@H](N[C@H]1CCCN(c2cccnn2)C1)C(=O)NC[C@@H]1CCCO1. The van der Waals surface area contributed by atoms with Crippen LogP contribution in [0.15, 0.2) is 18.3 Å². The average Bonchev–Trinajstić information content (AvgIpc) is 3.14. The van der Waals surface area contributed by atoms with Crippen LogP contribution in [0.2, 0.25) is 0 Å². The average molecular weight is 333 g/mol. The van der Waals surface area contributed by atoms with Crippen LogP contribution in [0.1, 0.15) is 32.6 Å². The molecule has 0 saturated carbocycles. The number of rotatable bonds is 6. The Bertz CT molecular complexity index is 521. The van der Waals surface area contributed by atoms with Gasteiger partial charge in [-0.05, 0) is 44.7 Å². The molecule has 0 aliphatic carbocycles. The first-order chi connectivity index (χ1) is 11.7. The first-order valence-corrected chi connectivity index (χ1v) is 8.90. The van der Waals surface area contributed by atoms with Crippen LogP contribution in [0, 0.1) is 0 Å². The number of carbonyl (C=O) groups excluding carboxylic acids is 1. The minimum absolute atomic E-state index is 0.0436. The quantitative estimate of drug-likeness (QED) is 0.799. The van der Waals surface area contributed by atoms with Gasteiger partial charge in [0.05, 0.1) is 12.1 Å². The lowest BCUT2D eigenvalue weighted by molar-refractivity contribution is -0.123. The summed E-state index contributed by atoms with van der Waals surface area (Å²) in [5.74, 6) is 0.946. The van der Waals surface area contributed by atoms with Crippen molar-refractivity contribution in [3.8, 4) is 0 Å². The summed E-state index contributed by atoms with van der Waals surface area (Å²) < 4.78 is 5.54. The zero-order chi connectivity index (χ0) is 16.8. The molecule has 2 fully saturated rings. The van der Waals surface area contributed by atoms with Gasteiger partial charge in [-0.2, -0.15) is 5.10 Å². The topological polar surface area (TPSA) is 79.4 Å². The predicted octanol–water partition coefficient (Wildman–Crippen LogP) is 0.719. The Kier molecular flexibility index (Phi) is 5.98. The van der Waals surface area contributed by atoms with E-state index in [1.165, 1.54) is 0 Å². The highest BCUT2D eigenvalue weighted by Gasteiger charge is 2.25. The number of amides is 1. The van der Waals surface area contributed by atoms with Crippen molar-refractivity contribution in [1.29, 1.82) is 0 Å². The van der Waals surface area contributed by atoms with Crippen LogP contribution in [0.3, 0.4) is 0 Å². The highest BCUT2D eigenvalue weighted by molar-refractivity contribution is 5.81. The van der Waals surface area contributed by atoms with Crippen molar-refractivity contribution in [3.05, 3.63) is 18.3 Å². The Morgan fingerprint density at radius 3 is 3.12 bits per heavy atom. The molecule has 3 rings (SSSR count). The molecule has 1 amide bonds. The third kappa shape index (κ3) is 4.64. The Hall–Kier alpha value is -1.73. The number of ether oxygens (including phenoxy) is 1. The summed E-state index contributed by atoms with van der Waals surface area (Å²) in [6.45, 7) is 5.18. The number of hydrogen-bond donors (Lipinski definition) is 2. The molecular weight excluding hydrogens is 306 g/mol. The van der Waals surface area contributed by atoms with Gasteiger partial charge in [0.15, 0.2) is 5.82 Å². The van der Waals surface area contributed by atoms with Crippen molar-refractivity contribution in [2.45, 2.75) is 50.8 Å². The van der Waals surface area contributed by atoms with E-state index in [4.69, 9.17) is 4.74 Å². The van der Waals surface area contributed by atoms with Crippen molar-refractivity contribution in [2.75, 3.05) is 31.1 Å². The van der Waals surface area contributed by atoms with E-state index in [9.17, 15) is 4.79 Å². The second-order valence-corrected chi connectivity index (χ2v) is 6.64. The molecule has 0 unspecified atom stereocenters. The second-order valence-electron chi connectivity index (χ2n) is 6.64. The van der Waals surface area contributed by atoms with Crippen LogP contribution in [0.25, 0.3) is 0 Å². The molecule has 0 spiro atoms. The Labute approximate surface area is 143 Å². The summed E-state index contributed by atoms with van der Waals surface area (Å²) >= 11 is 0. The van der Waals surface area contributed by atoms with Gasteiger partial charge in [0.2, 0.25) is 5.91 Å². The normalized spacial score (nSPS) is 25.5. The lowest BCUT2D eigenvalue weighted by Crippen LogP contribution is -2.53. The first kappa shape index (κ1) is 17.1. The summed E-state index contributed by atoms with van der Waals surface area (Å²) in [5.41, 5.74) is 0. The number of nitrogens with zero attached hydrogens (tertiary/aromatic N) is 3. The van der Waals surface area contributed by atoms with Gasteiger partial charge >= 0.3 is 0 Å². The van der Waals surface area contributed by atoms with E-state index in [-0.39, 0.29) is 24.1 Å². The van der Waals surface area contributed by atoms with Crippen molar-refractivity contribution in [1.82, 2.24) is 20.8 Å². The number of piperidine rings is 1. The van der Waals surface area contributed by atoms with E-state index in [1.807, 2.05) is 19.1 Å². The molecular formula is C17H27N5O2. The summed E-state index contributed by atoms with van der Waals surface area (Å²) in [6.07, 6.45) is 6.15. The van der Waals surface area contributed by atoms with Crippen molar-refractivity contribution in [3.63, 3.8) is 0 Å². The molecule has 24 heavy (non-hydrogen) atoms. The minimum Gasteiger partial charge on any atom is -0.376 e. The molecule has 3 heterocycles. The molecule has 7 heteroatoms. The van der Waals surface area contributed by atoms with Gasteiger partial charge in [0.25, 0.3) is 0 Å². The fraction of sp³-hybridized carbons (Fsp3) is 0.706. The van der Waals surface area contributed by atoms with E-state index < -0.39 is 0 Å². The van der Waals surface area contributed by atoms with Gasteiger partial charge in [0, 0.05) is 38.5 Å². The Morgan fingerprint density at radius 2 is 2.38 bits per heavy atom. The second kappa shape index (κ2) is 8.39. The molecule has 0 bridgehead atoms. The summed E-state index contributed by atoms with van der Waals surface area (Å²) in [7, 11) is 0. The van der Waals surface area contributed by atoms with E-state index >= 15 is 0 Å². The van der Waals surface area contributed by atoms with Crippen LogP contribution in [-0.4, -0.2) is 60.5 Å². The molecule has 2 aliphatic heterocycles. The van der Waals surface area contributed by atoms with Gasteiger partial charge in [-0.3, -0.25) is 4.79 Å². The maximum absolute atomic E-state index is 12.3. The number of carbonyl (C=O) groups is 1. The third-order valence-electron chi connectivity index (χ3n) is 4.71. The largest absolute Gasteiger partial charge is 0.376 e. The maximum Gasteiger partial charge on any atom is 0.236 e. The monoisotopic (exact) mass is 333 g/mol. The molecule has 1 aromatic rings. The molecule has 132 valence electrons. The van der Waals surface area contributed by atoms with Crippen LogP contribution < -0.4 is 15.5 Å². The molecule has 1 aromatic heterocycles. The fourth-order valence-corrected chi connectivity index (χ4v) is 3.39. The molecule has 3 atom stereocenters. The van der Waals surface area contributed by atoms with E-state index in [2.05, 4.69) is 25.7 Å². The van der Waals surface area contributed by atoms with Gasteiger partial charge in [-0.25, -0.2) is 0 Å². The zero-order valence-electron chi connectivity index (χ0n) is 14.3. The maximum atomic E-state index is 12.3. The Morgan fingerprint density at radius 1 is 1.46 bits per heavy atom. The predicted molar refractivity (Wildman–Crippen MR) is 91.8 cm³/mol. The van der Waals surface area contributed by atoms with Crippen LogP contribution in [0.5, 0.6) is 0 Å². The number of aromatic nitrogens is 2. The van der Waals surface area contributed by atoms with Gasteiger partial charge in [-0.15, -0.1) is 5.10 Å². The molecule has 0 aromatic carbocycles. The number of hydrogen-bond acceptors (Lipinski definition) is 6. The summed E-state index contributed by atoms with van der Waals surface area (Å²) in [6, 6.07) is 3.95. The molecule has 0 radical (unpaired) electrons. The van der Waals surface area contributed by atoms with Gasteiger partial charge in [-0.1, -0.05) is 0 Å². The van der Waals surface area contributed by atoms with E-state index in [1.54, 1.807) is 6.20 Å². The molecule has 2 saturated heterocycles.